The SMILES string of the molecule is COC(=O)C1=C(C)N(Cc2ccccc2)C(=O)N[C@@H]1c1ccc(OC)cc1. The van der Waals surface area contributed by atoms with Crippen LogP contribution in [0.2, 0.25) is 0 Å². The van der Waals surface area contributed by atoms with Gasteiger partial charge in [0.15, 0.2) is 0 Å². The number of allylic oxidation sites excluding steroid dienone is 1. The number of hydrogen-bond donors (Lipinski definition) is 1. The number of carbonyl (C=O) groups excluding carboxylic acids is 2. The van der Waals surface area contributed by atoms with Gasteiger partial charge in [-0.3, -0.25) is 4.90 Å². The van der Waals surface area contributed by atoms with Crippen molar-refractivity contribution in [3.05, 3.63) is 77.0 Å². The van der Waals surface area contributed by atoms with Crippen molar-refractivity contribution in [2.24, 2.45) is 0 Å². The molecule has 0 unspecified atom stereocenters. The Labute approximate surface area is 158 Å². The molecular formula is C21H22N2O4. The van der Waals surface area contributed by atoms with Gasteiger partial charge >= 0.3 is 12.0 Å². The van der Waals surface area contributed by atoms with Gasteiger partial charge in [-0.05, 0) is 30.2 Å². The number of urea groups is 1. The summed E-state index contributed by atoms with van der Waals surface area (Å²) in [6.45, 7) is 2.14. The molecule has 0 aromatic heterocycles. The fraction of sp³-hybridized carbons (Fsp3) is 0.238. The first-order valence-corrected chi connectivity index (χ1v) is 8.60. The van der Waals surface area contributed by atoms with E-state index in [9.17, 15) is 9.59 Å². The number of benzene rings is 2. The van der Waals surface area contributed by atoms with Crippen molar-refractivity contribution in [3.8, 4) is 5.75 Å². The molecule has 6 nitrogen and oxygen atoms in total. The van der Waals surface area contributed by atoms with Crippen molar-refractivity contribution >= 4 is 12.0 Å². The largest absolute Gasteiger partial charge is 0.497 e. The highest BCUT2D eigenvalue weighted by molar-refractivity contribution is 5.95. The second-order valence-corrected chi connectivity index (χ2v) is 6.22. The van der Waals surface area contributed by atoms with E-state index in [4.69, 9.17) is 9.47 Å². The normalized spacial score (nSPS) is 16.8. The minimum atomic E-state index is -0.581. The van der Waals surface area contributed by atoms with E-state index in [2.05, 4.69) is 5.32 Å². The van der Waals surface area contributed by atoms with E-state index in [1.807, 2.05) is 42.5 Å². The molecule has 1 heterocycles. The predicted octanol–water partition coefficient (Wildman–Crippen LogP) is 3.41. The fourth-order valence-corrected chi connectivity index (χ4v) is 3.16. The summed E-state index contributed by atoms with van der Waals surface area (Å²) in [5.41, 5.74) is 2.75. The van der Waals surface area contributed by atoms with E-state index in [1.165, 1.54) is 7.11 Å². The van der Waals surface area contributed by atoms with Crippen LogP contribution in [-0.2, 0) is 16.1 Å². The molecule has 0 saturated carbocycles. The molecule has 1 aliphatic rings. The van der Waals surface area contributed by atoms with Crippen LogP contribution in [0.1, 0.15) is 24.1 Å². The van der Waals surface area contributed by atoms with Gasteiger partial charge in [0.25, 0.3) is 0 Å². The highest BCUT2D eigenvalue weighted by Crippen LogP contribution is 2.32. The predicted molar refractivity (Wildman–Crippen MR) is 101 cm³/mol. The van der Waals surface area contributed by atoms with Crippen LogP contribution in [0.3, 0.4) is 0 Å². The van der Waals surface area contributed by atoms with Crippen LogP contribution in [0.25, 0.3) is 0 Å². The number of carbonyl (C=O) groups is 2. The van der Waals surface area contributed by atoms with Crippen LogP contribution in [-0.4, -0.2) is 31.1 Å². The molecule has 1 N–H and O–H groups in total. The van der Waals surface area contributed by atoms with Crippen LogP contribution in [0.5, 0.6) is 5.75 Å². The Balaban J connectivity index is 2.00. The van der Waals surface area contributed by atoms with Gasteiger partial charge in [-0.25, -0.2) is 9.59 Å². The second-order valence-electron chi connectivity index (χ2n) is 6.22. The van der Waals surface area contributed by atoms with Crippen LogP contribution < -0.4 is 10.1 Å². The Kier molecular flexibility index (Phi) is 5.45. The zero-order chi connectivity index (χ0) is 19.4. The van der Waals surface area contributed by atoms with Crippen LogP contribution in [0, 0.1) is 0 Å². The quantitative estimate of drug-likeness (QED) is 0.824. The molecule has 1 aliphatic heterocycles. The molecule has 0 saturated heterocycles. The summed E-state index contributed by atoms with van der Waals surface area (Å²) in [6.07, 6.45) is 0. The highest BCUT2D eigenvalue weighted by Gasteiger charge is 2.36. The first-order chi connectivity index (χ1) is 13.0. The zero-order valence-electron chi connectivity index (χ0n) is 15.6. The average Bonchev–Trinajstić information content (AvgIpc) is 2.71. The lowest BCUT2D eigenvalue weighted by Gasteiger charge is -2.35. The van der Waals surface area contributed by atoms with Gasteiger partial charge in [-0.1, -0.05) is 42.5 Å². The number of rotatable bonds is 5. The number of hydrogen-bond acceptors (Lipinski definition) is 4. The number of amides is 2. The number of ether oxygens (including phenoxy) is 2. The van der Waals surface area contributed by atoms with Crippen molar-refractivity contribution in [2.45, 2.75) is 19.5 Å². The number of esters is 1. The Morgan fingerprint density at radius 3 is 2.33 bits per heavy atom. The van der Waals surface area contributed by atoms with Crippen LogP contribution in [0.4, 0.5) is 4.79 Å². The monoisotopic (exact) mass is 366 g/mol. The number of nitrogens with one attached hydrogen (secondary N) is 1. The summed E-state index contributed by atoms with van der Waals surface area (Å²) in [7, 11) is 2.93. The van der Waals surface area contributed by atoms with E-state index in [1.54, 1.807) is 31.1 Å². The lowest BCUT2D eigenvalue weighted by molar-refractivity contribution is -0.136. The van der Waals surface area contributed by atoms with Gasteiger partial charge in [-0.2, -0.15) is 0 Å². The maximum atomic E-state index is 12.8. The van der Waals surface area contributed by atoms with E-state index in [0.29, 0.717) is 23.6 Å². The Bertz CT molecular complexity index is 860. The third-order valence-electron chi connectivity index (χ3n) is 4.63. The van der Waals surface area contributed by atoms with Gasteiger partial charge in [0, 0.05) is 5.70 Å². The molecule has 3 rings (SSSR count). The van der Waals surface area contributed by atoms with Crippen molar-refractivity contribution in [1.82, 2.24) is 10.2 Å². The molecule has 0 bridgehead atoms. The zero-order valence-corrected chi connectivity index (χ0v) is 15.6. The Morgan fingerprint density at radius 2 is 1.74 bits per heavy atom. The summed E-state index contributed by atoms with van der Waals surface area (Å²) in [5.74, 6) is 0.235. The van der Waals surface area contributed by atoms with Crippen LogP contribution in [0.15, 0.2) is 65.9 Å². The van der Waals surface area contributed by atoms with Gasteiger partial charge < -0.3 is 14.8 Å². The third kappa shape index (κ3) is 3.79. The molecule has 2 amide bonds. The van der Waals surface area contributed by atoms with Gasteiger partial charge in [0.1, 0.15) is 5.75 Å². The molecular weight excluding hydrogens is 344 g/mol. The van der Waals surface area contributed by atoms with Crippen molar-refractivity contribution in [3.63, 3.8) is 0 Å². The molecule has 6 heteroatoms. The lowest BCUT2D eigenvalue weighted by Crippen LogP contribution is -2.47. The minimum absolute atomic E-state index is 0.259. The van der Waals surface area contributed by atoms with Gasteiger partial charge in [0.05, 0.1) is 32.4 Å². The van der Waals surface area contributed by atoms with Crippen molar-refractivity contribution < 1.29 is 19.1 Å². The van der Waals surface area contributed by atoms with E-state index in [0.717, 1.165) is 11.1 Å². The van der Waals surface area contributed by atoms with Crippen molar-refractivity contribution in [1.29, 1.82) is 0 Å². The molecule has 0 aliphatic carbocycles. The topological polar surface area (TPSA) is 67.9 Å². The molecule has 0 radical (unpaired) electrons. The molecule has 1 atom stereocenters. The Morgan fingerprint density at radius 1 is 1.07 bits per heavy atom. The maximum Gasteiger partial charge on any atom is 0.337 e. The Hall–Kier alpha value is -3.28. The summed E-state index contributed by atoms with van der Waals surface area (Å²) in [6, 6.07) is 16.0. The first kappa shape index (κ1) is 18.5. The van der Waals surface area contributed by atoms with E-state index in [-0.39, 0.29) is 6.03 Å². The van der Waals surface area contributed by atoms with E-state index < -0.39 is 12.0 Å². The minimum Gasteiger partial charge on any atom is -0.497 e. The maximum absolute atomic E-state index is 12.8. The summed E-state index contributed by atoms with van der Waals surface area (Å²) in [4.78, 5) is 26.8. The second kappa shape index (κ2) is 7.95. The third-order valence-corrected chi connectivity index (χ3v) is 4.63. The standard InChI is InChI=1S/C21H22N2O4/c1-14-18(20(24)27-3)19(16-9-11-17(26-2)12-10-16)22-21(25)23(14)13-15-7-5-4-6-8-15/h4-12,19H,13H2,1-3H3,(H,22,25)/t19-/m1/s1. The first-order valence-electron chi connectivity index (χ1n) is 8.60. The summed E-state index contributed by atoms with van der Waals surface area (Å²) < 4.78 is 10.2. The molecule has 140 valence electrons. The molecule has 27 heavy (non-hydrogen) atoms. The summed E-state index contributed by atoms with van der Waals surface area (Å²) >= 11 is 0. The fourth-order valence-electron chi connectivity index (χ4n) is 3.16. The summed E-state index contributed by atoms with van der Waals surface area (Å²) in [5, 5.41) is 2.92. The van der Waals surface area contributed by atoms with E-state index >= 15 is 0 Å². The number of nitrogens with zero attached hydrogens (tertiary/aromatic N) is 1. The van der Waals surface area contributed by atoms with Crippen LogP contribution >= 0.6 is 0 Å². The van der Waals surface area contributed by atoms with Gasteiger partial charge in [0.2, 0.25) is 0 Å². The van der Waals surface area contributed by atoms with Crippen molar-refractivity contribution in [2.75, 3.05) is 14.2 Å². The lowest BCUT2D eigenvalue weighted by atomic mass is 9.94. The molecule has 0 spiro atoms. The molecule has 2 aromatic carbocycles. The highest BCUT2D eigenvalue weighted by atomic mass is 16.5. The van der Waals surface area contributed by atoms with Gasteiger partial charge in [-0.15, -0.1) is 0 Å². The smallest absolute Gasteiger partial charge is 0.337 e. The average molecular weight is 366 g/mol. The number of methoxy groups -OCH3 is 2. The molecule has 2 aromatic rings. The molecule has 0 fully saturated rings.